The minimum Gasteiger partial charge on any atom is -0.598 e. The van der Waals surface area contributed by atoms with Crippen LogP contribution in [0, 0.1) is 5.82 Å². The Labute approximate surface area is 136 Å². The van der Waals surface area contributed by atoms with E-state index in [1.54, 1.807) is 20.8 Å². The van der Waals surface area contributed by atoms with Crippen LogP contribution in [-0.4, -0.2) is 26.7 Å². The van der Waals surface area contributed by atoms with Crippen molar-refractivity contribution in [1.29, 1.82) is 0 Å². The van der Waals surface area contributed by atoms with Gasteiger partial charge in [-0.3, -0.25) is 0 Å². The summed E-state index contributed by atoms with van der Waals surface area (Å²) in [7, 11) is 0. The summed E-state index contributed by atoms with van der Waals surface area (Å²) in [6.45, 7) is 6.21. The number of hydrogen-bond acceptors (Lipinski definition) is 3. The number of aliphatic hydroxyl groups excluding tert-OH is 1. The second-order valence-electron chi connectivity index (χ2n) is 6.56. The van der Waals surface area contributed by atoms with E-state index in [-0.39, 0.29) is 5.56 Å². The van der Waals surface area contributed by atoms with Crippen LogP contribution in [0.5, 0.6) is 0 Å². The standard InChI is InChI=1S/C15H21F4NO2S/c1-13(2,3)23(22)20-14(4,9-12(21)15(17,18)19)10-7-5-6-8-11(10)16/h5-8,12,20-21H,9H2,1-4H3/t12-,14-,23?/m0/s1. The lowest BCUT2D eigenvalue weighted by Gasteiger charge is -2.36. The Kier molecular flexibility index (Phi) is 6.12. The van der Waals surface area contributed by atoms with Gasteiger partial charge in [0.25, 0.3) is 0 Å². The molecule has 0 aliphatic carbocycles. The number of aliphatic hydroxyl groups is 1. The number of rotatable bonds is 5. The Bertz CT molecular complexity index is 509. The molecule has 0 heterocycles. The van der Waals surface area contributed by atoms with Gasteiger partial charge in [0, 0.05) is 23.3 Å². The number of nitrogens with one attached hydrogen (secondary N) is 1. The molecule has 0 fully saturated rings. The maximum atomic E-state index is 14.1. The van der Waals surface area contributed by atoms with Gasteiger partial charge in [-0.25, -0.2) is 4.39 Å². The molecule has 132 valence electrons. The highest BCUT2D eigenvalue weighted by molar-refractivity contribution is 7.90. The maximum absolute atomic E-state index is 14.1. The lowest BCUT2D eigenvalue weighted by molar-refractivity contribution is -0.209. The molecule has 3 atom stereocenters. The summed E-state index contributed by atoms with van der Waals surface area (Å²) < 4.78 is 66.3. The third-order valence-corrected chi connectivity index (χ3v) is 5.07. The van der Waals surface area contributed by atoms with Crippen LogP contribution in [-0.2, 0) is 16.9 Å². The topological polar surface area (TPSA) is 55.3 Å². The van der Waals surface area contributed by atoms with Crippen molar-refractivity contribution in [2.24, 2.45) is 0 Å². The fourth-order valence-electron chi connectivity index (χ4n) is 1.98. The first-order valence-electron chi connectivity index (χ1n) is 6.97. The highest BCUT2D eigenvalue weighted by Gasteiger charge is 2.47. The van der Waals surface area contributed by atoms with Crippen molar-refractivity contribution in [2.75, 3.05) is 0 Å². The van der Waals surface area contributed by atoms with Gasteiger partial charge >= 0.3 is 6.18 Å². The largest absolute Gasteiger partial charge is 0.598 e. The molecule has 0 aliphatic rings. The third kappa shape index (κ3) is 5.34. The van der Waals surface area contributed by atoms with Crippen LogP contribution in [0.4, 0.5) is 17.6 Å². The van der Waals surface area contributed by atoms with E-state index in [9.17, 15) is 27.2 Å². The van der Waals surface area contributed by atoms with Crippen molar-refractivity contribution in [1.82, 2.24) is 4.72 Å². The summed E-state index contributed by atoms with van der Waals surface area (Å²) >= 11 is -1.75. The van der Waals surface area contributed by atoms with Crippen LogP contribution >= 0.6 is 0 Å². The van der Waals surface area contributed by atoms with E-state index in [0.717, 1.165) is 6.07 Å². The van der Waals surface area contributed by atoms with Crippen LogP contribution in [0.15, 0.2) is 24.3 Å². The summed E-state index contributed by atoms with van der Waals surface area (Å²) in [5, 5.41) is 9.40. The highest BCUT2D eigenvalue weighted by atomic mass is 32.2. The molecule has 1 aromatic rings. The van der Waals surface area contributed by atoms with Crippen molar-refractivity contribution >= 4 is 11.4 Å². The molecule has 23 heavy (non-hydrogen) atoms. The zero-order valence-corrected chi connectivity index (χ0v) is 14.2. The lowest BCUT2D eigenvalue weighted by Crippen LogP contribution is -2.52. The zero-order chi connectivity index (χ0) is 18.1. The number of halogens is 4. The second-order valence-corrected chi connectivity index (χ2v) is 8.52. The summed E-state index contributed by atoms with van der Waals surface area (Å²) in [4.78, 5) is 0. The van der Waals surface area contributed by atoms with Crippen LogP contribution in [0.3, 0.4) is 0 Å². The van der Waals surface area contributed by atoms with Gasteiger partial charge in [0.15, 0.2) is 6.10 Å². The fourth-order valence-corrected chi connectivity index (χ4v) is 2.88. The Morgan fingerprint density at radius 2 is 1.70 bits per heavy atom. The van der Waals surface area contributed by atoms with E-state index in [0.29, 0.717) is 0 Å². The van der Waals surface area contributed by atoms with E-state index < -0.39 is 46.2 Å². The van der Waals surface area contributed by atoms with Crippen LogP contribution in [0.25, 0.3) is 0 Å². The first-order valence-corrected chi connectivity index (χ1v) is 8.12. The molecule has 0 amide bonds. The zero-order valence-electron chi connectivity index (χ0n) is 13.4. The number of hydrogen-bond donors (Lipinski definition) is 2. The molecule has 0 radical (unpaired) electrons. The summed E-state index contributed by atoms with van der Waals surface area (Å²) in [6.07, 6.45) is -8.38. The van der Waals surface area contributed by atoms with Crippen molar-refractivity contribution in [3.05, 3.63) is 35.6 Å². The smallest absolute Gasteiger partial charge is 0.414 e. The Balaban J connectivity index is 3.23. The predicted octanol–water partition coefficient (Wildman–Crippen LogP) is 3.41. The summed E-state index contributed by atoms with van der Waals surface area (Å²) in [6, 6.07) is 5.29. The molecule has 0 bridgehead atoms. The van der Waals surface area contributed by atoms with Crippen molar-refractivity contribution < 1.29 is 27.2 Å². The molecule has 0 spiro atoms. The van der Waals surface area contributed by atoms with Gasteiger partial charge in [-0.15, -0.1) is 4.72 Å². The molecule has 0 saturated carbocycles. The quantitative estimate of drug-likeness (QED) is 0.629. The van der Waals surface area contributed by atoms with E-state index in [1.807, 2.05) is 0 Å². The van der Waals surface area contributed by atoms with Gasteiger partial charge in [0.05, 0.1) is 5.54 Å². The first-order chi connectivity index (χ1) is 10.3. The predicted molar refractivity (Wildman–Crippen MR) is 81.5 cm³/mol. The molecular formula is C15H21F4NO2S. The Morgan fingerprint density at radius 1 is 1.17 bits per heavy atom. The molecular weight excluding hydrogens is 334 g/mol. The van der Waals surface area contributed by atoms with Crippen LogP contribution in [0.2, 0.25) is 0 Å². The highest BCUT2D eigenvalue weighted by Crippen LogP contribution is 2.35. The van der Waals surface area contributed by atoms with Crippen molar-refractivity contribution in [3.63, 3.8) is 0 Å². The molecule has 1 rings (SSSR count). The Hall–Kier alpha value is -0.830. The molecule has 8 heteroatoms. The third-order valence-electron chi connectivity index (χ3n) is 3.32. The monoisotopic (exact) mass is 355 g/mol. The first kappa shape index (κ1) is 20.2. The van der Waals surface area contributed by atoms with E-state index in [2.05, 4.69) is 4.72 Å². The summed E-state index contributed by atoms with van der Waals surface area (Å²) in [5.74, 6) is -0.734. The minimum atomic E-state index is -4.85. The fraction of sp³-hybridized carbons (Fsp3) is 0.600. The van der Waals surface area contributed by atoms with E-state index >= 15 is 0 Å². The van der Waals surface area contributed by atoms with Gasteiger partial charge in [0.1, 0.15) is 10.6 Å². The molecule has 0 saturated heterocycles. The maximum Gasteiger partial charge on any atom is 0.414 e. The van der Waals surface area contributed by atoms with E-state index in [4.69, 9.17) is 0 Å². The van der Waals surface area contributed by atoms with Crippen LogP contribution in [0.1, 0.15) is 39.7 Å². The van der Waals surface area contributed by atoms with Crippen LogP contribution < -0.4 is 4.72 Å². The molecule has 2 N–H and O–H groups in total. The molecule has 3 nitrogen and oxygen atoms in total. The summed E-state index contributed by atoms with van der Waals surface area (Å²) in [5.41, 5.74) is -1.74. The SMILES string of the molecule is CC(C)(C)[S+]([O-])N[C@@](C)(C[C@H](O)C(F)(F)F)c1ccccc1F. The Morgan fingerprint density at radius 3 is 2.13 bits per heavy atom. The molecule has 0 aliphatic heterocycles. The number of alkyl halides is 3. The second kappa shape index (κ2) is 6.96. The average Bonchev–Trinajstić information content (AvgIpc) is 2.36. The van der Waals surface area contributed by atoms with E-state index in [1.165, 1.54) is 25.1 Å². The van der Waals surface area contributed by atoms with Gasteiger partial charge < -0.3 is 9.66 Å². The molecule has 1 aromatic carbocycles. The van der Waals surface area contributed by atoms with Gasteiger partial charge in [0.2, 0.25) is 0 Å². The van der Waals surface area contributed by atoms with Gasteiger partial charge in [-0.05, 0) is 33.8 Å². The van der Waals surface area contributed by atoms with Gasteiger partial charge in [-0.1, -0.05) is 18.2 Å². The minimum absolute atomic E-state index is 0.0825. The average molecular weight is 355 g/mol. The number of benzene rings is 1. The normalized spacial score (nSPS) is 18.3. The van der Waals surface area contributed by atoms with Crippen molar-refractivity contribution in [2.45, 2.75) is 56.7 Å². The lowest BCUT2D eigenvalue weighted by atomic mass is 9.87. The van der Waals surface area contributed by atoms with Crippen molar-refractivity contribution in [3.8, 4) is 0 Å². The van der Waals surface area contributed by atoms with Gasteiger partial charge in [-0.2, -0.15) is 13.2 Å². The molecule has 1 unspecified atom stereocenters. The molecule has 0 aromatic heterocycles.